The predicted octanol–water partition coefficient (Wildman–Crippen LogP) is 3.28. The molecule has 1 heterocycles. The molecule has 0 aliphatic heterocycles. The third kappa shape index (κ3) is 2.16. The summed E-state index contributed by atoms with van der Waals surface area (Å²) in [6.07, 6.45) is 1.80. The van der Waals surface area contributed by atoms with Gasteiger partial charge in [0.25, 0.3) is 0 Å². The largest absolute Gasteiger partial charge is 0.398 e. The number of benzene rings is 1. The van der Waals surface area contributed by atoms with E-state index in [1.807, 2.05) is 17.8 Å². The summed E-state index contributed by atoms with van der Waals surface area (Å²) in [7, 11) is 0. The number of nitrogens with zero attached hydrogens (tertiary/aromatic N) is 1. The zero-order chi connectivity index (χ0) is 11.7. The number of nitrogens with one attached hydrogen (secondary N) is 1. The average molecular weight is 235 g/mol. The molecule has 0 saturated carbocycles. The minimum Gasteiger partial charge on any atom is -0.398 e. The van der Waals surface area contributed by atoms with Gasteiger partial charge in [-0.15, -0.1) is 11.8 Å². The second-order valence-corrected chi connectivity index (χ2v) is 5.83. The van der Waals surface area contributed by atoms with E-state index in [1.54, 1.807) is 6.20 Å². The van der Waals surface area contributed by atoms with Crippen molar-refractivity contribution in [2.45, 2.75) is 30.9 Å². The molecular weight excluding hydrogens is 218 g/mol. The fourth-order valence-electron chi connectivity index (χ4n) is 1.43. The monoisotopic (exact) mass is 235 g/mol. The van der Waals surface area contributed by atoms with E-state index in [2.05, 4.69) is 37.0 Å². The lowest BCUT2D eigenvalue weighted by Crippen LogP contribution is -2.05. The molecular formula is C12H17N3S. The second kappa shape index (κ2) is 4.37. The maximum atomic E-state index is 6.03. The molecule has 0 bridgehead atoms. The normalized spacial score (nSPS) is 13.5. The van der Waals surface area contributed by atoms with Crippen molar-refractivity contribution in [1.29, 1.82) is 0 Å². The van der Waals surface area contributed by atoms with Gasteiger partial charge in [-0.05, 0) is 18.1 Å². The van der Waals surface area contributed by atoms with Crippen LogP contribution in [0.5, 0.6) is 0 Å². The van der Waals surface area contributed by atoms with Gasteiger partial charge in [0.2, 0.25) is 0 Å². The first kappa shape index (κ1) is 11.3. The molecule has 2 rings (SSSR count). The number of thioether (sulfide) groups is 1. The van der Waals surface area contributed by atoms with Crippen LogP contribution in [0.4, 0.5) is 5.69 Å². The Morgan fingerprint density at radius 3 is 2.75 bits per heavy atom. The minimum atomic E-state index is 0.558. The Morgan fingerprint density at radius 2 is 2.06 bits per heavy atom. The number of aromatic nitrogens is 2. The number of H-pyrrole nitrogens is 1. The van der Waals surface area contributed by atoms with Gasteiger partial charge in [0.05, 0.1) is 11.7 Å². The van der Waals surface area contributed by atoms with Crippen LogP contribution in [0.25, 0.3) is 10.9 Å². The summed E-state index contributed by atoms with van der Waals surface area (Å²) >= 11 is 1.82. The van der Waals surface area contributed by atoms with Crippen LogP contribution >= 0.6 is 11.8 Å². The number of hydrogen-bond donors (Lipinski definition) is 2. The van der Waals surface area contributed by atoms with Crippen molar-refractivity contribution < 1.29 is 0 Å². The number of fused-ring (bicyclic) bond motifs is 1. The average Bonchev–Trinajstić information content (AvgIpc) is 2.65. The summed E-state index contributed by atoms with van der Waals surface area (Å²) in [5.74, 6) is 0.641. The van der Waals surface area contributed by atoms with E-state index < -0.39 is 0 Å². The van der Waals surface area contributed by atoms with E-state index >= 15 is 0 Å². The first-order valence-corrected chi connectivity index (χ1v) is 6.35. The van der Waals surface area contributed by atoms with Crippen molar-refractivity contribution in [3.63, 3.8) is 0 Å². The first-order chi connectivity index (χ1) is 7.58. The van der Waals surface area contributed by atoms with Crippen LogP contribution in [-0.2, 0) is 0 Å². The quantitative estimate of drug-likeness (QED) is 0.634. The molecule has 1 atom stereocenters. The molecule has 0 spiro atoms. The highest BCUT2D eigenvalue weighted by molar-refractivity contribution is 8.00. The fourth-order valence-corrected chi connectivity index (χ4v) is 2.48. The summed E-state index contributed by atoms with van der Waals surface area (Å²) in [4.78, 5) is 1.14. The van der Waals surface area contributed by atoms with Crippen LogP contribution in [0.3, 0.4) is 0 Å². The number of rotatable bonds is 3. The van der Waals surface area contributed by atoms with Crippen LogP contribution in [0.1, 0.15) is 20.8 Å². The maximum absolute atomic E-state index is 6.03. The van der Waals surface area contributed by atoms with Crippen molar-refractivity contribution in [3.8, 4) is 0 Å². The van der Waals surface area contributed by atoms with Gasteiger partial charge >= 0.3 is 0 Å². The highest BCUT2D eigenvalue weighted by atomic mass is 32.2. The van der Waals surface area contributed by atoms with E-state index in [4.69, 9.17) is 5.73 Å². The SMILES string of the molecule is CC(C)C(C)Sc1cc2[nH]ncc2cc1N. The standard InChI is InChI=1S/C12H17N3S/c1-7(2)8(3)16-12-5-11-9(4-10(12)13)6-14-15-11/h4-8H,13H2,1-3H3,(H,14,15). The second-order valence-electron chi connectivity index (χ2n) is 4.41. The number of nitrogen functional groups attached to an aromatic ring is 1. The zero-order valence-electron chi connectivity index (χ0n) is 9.82. The van der Waals surface area contributed by atoms with Gasteiger partial charge in [-0.1, -0.05) is 20.8 Å². The molecule has 2 aromatic rings. The highest BCUT2D eigenvalue weighted by Crippen LogP contribution is 2.34. The smallest absolute Gasteiger partial charge is 0.0662 e. The minimum absolute atomic E-state index is 0.558. The molecule has 16 heavy (non-hydrogen) atoms. The molecule has 1 aromatic carbocycles. The Balaban J connectivity index is 2.32. The number of anilines is 1. The maximum Gasteiger partial charge on any atom is 0.0662 e. The molecule has 0 amide bonds. The third-order valence-corrected chi connectivity index (χ3v) is 4.35. The molecule has 1 aromatic heterocycles. The predicted molar refractivity (Wildman–Crippen MR) is 70.7 cm³/mol. The van der Waals surface area contributed by atoms with Crippen molar-refractivity contribution >= 4 is 28.4 Å². The lowest BCUT2D eigenvalue weighted by molar-refractivity contribution is 0.642. The van der Waals surface area contributed by atoms with Gasteiger partial charge < -0.3 is 5.73 Å². The van der Waals surface area contributed by atoms with Gasteiger partial charge in [0, 0.05) is 21.2 Å². The van der Waals surface area contributed by atoms with Crippen LogP contribution in [0.15, 0.2) is 23.2 Å². The van der Waals surface area contributed by atoms with Gasteiger partial charge in [-0.3, -0.25) is 5.10 Å². The molecule has 0 aliphatic rings. The van der Waals surface area contributed by atoms with Gasteiger partial charge in [0.15, 0.2) is 0 Å². The van der Waals surface area contributed by atoms with Crippen LogP contribution in [0, 0.1) is 5.92 Å². The Labute approximate surface area is 99.8 Å². The Morgan fingerprint density at radius 1 is 1.31 bits per heavy atom. The summed E-state index contributed by atoms with van der Waals surface area (Å²) in [6.45, 7) is 6.68. The van der Waals surface area contributed by atoms with Crippen molar-refractivity contribution in [2.24, 2.45) is 5.92 Å². The van der Waals surface area contributed by atoms with Crippen LogP contribution < -0.4 is 5.73 Å². The molecule has 0 radical (unpaired) electrons. The molecule has 1 unspecified atom stereocenters. The Kier molecular flexibility index (Phi) is 3.10. The Bertz CT molecular complexity index is 490. The van der Waals surface area contributed by atoms with E-state index in [0.29, 0.717) is 11.2 Å². The van der Waals surface area contributed by atoms with Gasteiger partial charge in [-0.2, -0.15) is 5.10 Å². The third-order valence-electron chi connectivity index (χ3n) is 2.82. The number of hydrogen-bond acceptors (Lipinski definition) is 3. The van der Waals surface area contributed by atoms with E-state index in [9.17, 15) is 0 Å². The highest BCUT2D eigenvalue weighted by Gasteiger charge is 2.12. The molecule has 3 N–H and O–H groups in total. The van der Waals surface area contributed by atoms with Crippen molar-refractivity contribution in [1.82, 2.24) is 10.2 Å². The van der Waals surface area contributed by atoms with Crippen LogP contribution in [-0.4, -0.2) is 15.4 Å². The van der Waals surface area contributed by atoms with Crippen molar-refractivity contribution in [2.75, 3.05) is 5.73 Å². The molecule has 4 heteroatoms. The lowest BCUT2D eigenvalue weighted by atomic mass is 10.2. The molecule has 0 aliphatic carbocycles. The summed E-state index contributed by atoms with van der Waals surface area (Å²) < 4.78 is 0. The van der Waals surface area contributed by atoms with Crippen LogP contribution in [0.2, 0.25) is 0 Å². The zero-order valence-corrected chi connectivity index (χ0v) is 10.6. The van der Waals surface area contributed by atoms with E-state index in [1.165, 1.54) is 0 Å². The topological polar surface area (TPSA) is 54.7 Å². The number of nitrogens with two attached hydrogens (primary N) is 1. The van der Waals surface area contributed by atoms with E-state index in [0.717, 1.165) is 21.5 Å². The van der Waals surface area contributed by atoms with Crippen molar-refractivity contribution in [3.05, 3.63) is 18.3 Å². The van der Waals surface area contributed by atoms with Gasteiger partial charge in [0.1, 0.15) is 0 Å². The molecule has 0 saturated heterocycles. The van der Waals surface area contributed by atoms with Gasteiger partial charge in [-0.25, -0.2) is 0 Å². The summed E-state index contributed by atoms with van der Waals surface area (Å²) in [6, 6.07) is 4.06. The fraction of sp³-hybridized carbons (Fsp3) is 0.417. The molecule has 0 fully saturated rings. The molecule has 86 valence electrons. The Hall–Kier alpha value is -1.16. The first-order valence-electron chi connectivity index (χ1n) is 5.47. The summed E-state index contributed by atoms with van der Waals surface area (Å²) in [5, 5.41) is 8.61. The van der Waals surface area contributed by atoms with E-state index in [-0.39, 0.29) is 0 Å². The lowest BCUT2D eigenvalue weighted by Gasteiger charge is -2.16. The molecule has 3 nitrogen and oxygen atoms in total. The summed E-state index contributed by atoms with van der Waals surface area (Å²) in [5.41, 5.74) is 7.92. The number of aromatic amines is 1.